The fourth-order valence-corrected chi connectivity index (χ4v) is 1.44. The first kappa shape index (κ1) is 15.2. The molecule has 0 spiro atoms. The number of hydrogen-bond acceptors (Lipinski definition) is 3. The molecular formula is C14H21N3O2. The summed E-state index contributed by atoms with van der Waals surface area (Å²) >= 11 is 0. The van der Waals surface area contributed by atoms with Gasteiger partial charge in [-0.25, -0.2) is 0 Å². The zero-order valence-electron chi connectivity index (χ0n) is 11.7. The zero-order chi connectivity index (χ0) is 14.3. The van der Waals surface area contributed by atoms with Gasteiger partial charge in [-0.3, -0.25) is 14.9 Å². The van der Waals surface area contributed by atoms with Gasteiger partial charge in [0.1, 0.15) is 0 Å². The van der Waals surface area contributed by atoms with Gasteiger partial charge in [0.05, 0.1) is 13.1 Å². The van der Waals surface area contributed by atoms with E-state index in [2.05, 4.69) is 10.6 Å². The van der Waals surface area contributed by atoms with Crippen LogP contribution in [0.2, 0.25) is 0 Å². The average Bonchev–Trinajstić information content (AvgIpc) is 2.40. The summed E-state index contributed by atoms with van der Waals surface area (Å²) in [6.07, 6.45) is 0. The van der Waals surface area contributed by atoms with Crippen LogP contribution in [0.3, 0.4) is 0 Å². The van der Waals surface area contributed by atoms with Crippen LogP contribution >= 0.6 is 0 Å². The molecule has 0 aliphatic heterocycles. The van der Waals surface area contributed by atoms with Crippen molar-refractivity contribution in [3.63, 3.8) is 0 Å². The van der Waals surface area contributed by atoms with E-state index >= 15 is 0 Å². The quantitative estimate of drug-likeness (QED) is 0.805. The van der Waals surface area contributed by atoms with Crippen LogP contribution in [0.1, 0.15) is 12.5 Å². The SMILES string of the molecule is CCN(C)C(=O)CNCC(=O)Nc1ccc(C)cc1. The standard InChI is InChI=1S/C14H21N3O2/c1-4-17(3)14(19)10-15-9-13(18)16-12-7-5-11(2)6-8-12/h5-8,15H,4,9-10H2,1-3H3,(H,16,18). The van der Waals surface area contributed by atoms with Gasteiger partial charge in [-0.05, 0) is 26.0 Å². The van der Waals surface area contributed by atoms with Crippen LogP contribution < -0.4 is 10.6 Å². The minimum absolute atomic E-state index is 0.0226. The highest BCUT2D eigenvalue weighted by atomic mass is 16.2. The smallest absolute Gasteiger partial charge is 0.238 e. The Kier molecular flexibility index (Phi) is 6.02. The molecule has 0 unspecified atom stereocenters. The van der Waals surface area contributed by atoms with Gasteiger partial charge in [-0.15, -0.1) is 0 Å². The lowest BCUT2D eigenvalue weighted by Gasteiger charge is -2.14. The van der Waals surface area contributed by atoms with Crippen molar-refractivity contribution < 1.29 is 9.59 Å². The van der Waals surface area contributed by atoms with Gasteiger partial charge in [-0.1, -0.05) is 17.7 Å². The first-order chi connectivity index (χ1) is 9.02. The topological polar surface area (TPSA) is 61.4 Å². The Morgan fingerprint density at radius 3 is 2.37 bits per heavy atom. The van der Waals surface area contributed by atoms with Gasteiger partial charge in [0.2, 0.25) is 11.8 Å². The van der Waals surface area contributed by atoms with Crippen LogP contribution in [0.5, 0.6) is 0 Å². The molecule has 2 amide bonds. The maximum absolute atomic E-state index is 11.6. The van der Waals surface area contributed by atoms with Gasteiger partial charge in [-0.2, -0.15) is 0 Å². The number of carbonyl (C=O) groups is 2. The number of aryl methyl sites for hydroxylation is 1. The molecule has 0 heterocycles. The second-order valence-corrected chi connectivity index (χ2v) is 4.43. The maximum Gasteiger partial charge on any atom is 0.238 e. The van der Waals surface area contributed by atoms with Gasteiger partial charge in [0.25, 0.3) is 0 Å². The molecule has 0 saturated heterocycles. The lowest BCUT2D eigenvalue weighted by Crippen LogP contribution is -2.38. The molecule has 0 atom stereocenters. The number of carbonyl (C=O) groups excluding carboxylic acids is 2. The first-order valence-electron chi connectivity index (χ1n) is 6.34. The van der Waals surface area contributed by atoms with E-state index in [0.29, 0.717) is 6.54 Å². The fourth-order valence-electron chi connectivity index (χ4n) is 1.44. The summed E-state index contributed by atoms with van der Waals surface area (Å²) in [5.41, 5.74) is 1.90. The van der Waals surface area contributed by atoms with Crippen LogP contribution in [-0.4, -0.2) is 43.4 Å². The van der Waals surface area contributed by atoms with E-state index in [-0.39, 0.29) is 24.9 Å². The van der Waals surface area contributed by atoms with E-state index in [4.69, 9.17) is 0 Å². The van der Waals surface area contributed by atoms with Crippen LogP contribution in [0.25, 0.3) is 0 Å². The summed E-state index contributed by atoms with van der Waals surface area (Å²) in [5, 5.41) is 5.59. The molecule has 1 aromatic carbocycles. The second-order valence-electron chi connectivity index (χ2n) is 4.43. The van der Waals surface area contributed by atoms with Crippen molar-refractivity contribution in [1.29, 1.82) is 0 Å². The second kappa shape index (κ2) is 7.53. The van der Waals surface area contributed by atoms with Crippen molar-refractivity contribution in [3.8, 4) is 0 Å². The van der Waals surface area contributed by atoms with Gasteiger partial charge < -0.3 is 10.2 Å². The molecule has 1 aromatic rings. The minimum atomic E-state index is -0.157. The molecule has 0 aromatic heterocycles. The van der Waals surface area contributed by atoms with Crippen LogP contribution in [0.15, 0.2) is 24.3 Å². The Bertz CT molecular complexity index is 429. The molecule has 5 heteroatoms. The molecule has 104 valence electrons. The zero-order valence-corrected chi connectivity index (χ0v) is 11.7. The van der Waals surface area contributed by atoms with Crippen molar-refractivity contribution in [1.82, 2.24) is 10.2 Å². The fraction of sp³-hybridized carbons (Fsp3) is 0.429. The molecule has 0 fully saturated rings. The van der Waals surface area contributed by atoms with E-state index in [0.717, 1.165) is 11.3 Å². The molecular weight excluding hydrogens is 242 g/mol. The molecule has 19 heavy (non-hydrogen) atoms. The highest BCUT2D eigenvalue weighted by Gasteiger charge is 2.07. The normalized spacial score (nSPS) is 10.1. The van der Waals surface area contributed by atoms with Crippen molar-refractivity contribution in [2.24, 2.45) is 0 Å². The number of anilines is 1. The average molecular weight is 263 g/mol. The molecule has 1 rings (SSSR count). The highest BCUT2D eigenvalue weighted by molar-refractivity contribution is 5.92. The van der Waals surface area contributed by atoms with Crippen molar-refractivity contribution in [2.45, 2.75) is 13.8 Å². The Hall–Kier alpha value is -1.88. The van der Waals surface area contributed by atoms with Crippen molar-refractivity contribution in [3.05, 3.63) is 29.8 Å². The van der Waals surface area contributed by atoms with Crippen LogP contribution in [0, 0.1) is 6.92 Å². The molecule has 2 N–H and O–H groups in total. The summed E-state index contributed by atoms with van der Waals surface area (Å²) < 4.78 is 0. The first-order valence-corrected chi connectivity index (χ1v) is 6.34. The lowest BCUT2D eigenvalue weighted by atomic mass is 10.2. The largest absolute Gasteiger partial charge is 0.345 e. The van der Waals surface area contributed by atoms with Gasteiger partial charge in [0, 0.05) is 19.3 Å². The van der Waals surface area contributed by atoms with Crippen LogP contribution in [0.4, 0.5) is 5.69 Å². The maximum atomic E-state index is 11.6. The predicted molar refractivity (Wildman–Crippen MR) is 76.0 cm³/mol. The van der Waals surface area contributed by atoms with Crippen molar-refractivity contribution in [2.75, 3.05) is 32.0 Å². The summed E-state index contributed by atoms with van der Waals surface area (Å²) in [7, 11) is 1.73. The number of benzene rings is 1. The monoisotopic (exact) mass is 263 g/mol. The van der Waals surface area contributed by atoms with E-state index in [1.807, 2.05) is 38.1 Å². The third-order valence-electron chi connectivity index (χ3n) is 2.80. The predicted octanol–water partition coefficient (Wildman–Crippen LogP) is 1.00. The van der Waals surface area contributed by atoms with E-state index in [1.165, 1.54) is 0 Å². The molecule has 5 nitrogen and oxygen atoms in total. The Balaban J connectivity index is 2.28. The van der Waals surface area contributed by atoms with E-state index in [1.54, 1.807) is 11.9 Å². The number of rotatable bonds is 6. The highest BCUT2D eigenvalue weighted by Crippen LogP contribution is 2.07. The minimum Gasteiger partial charge on any atom is -0.345 e. The Morgan fingerprint density at radius 2 is 1.79 bits per heavy atom. The third-order valence-corrected chi connectivity index (χ3v) is 2.80. The Morgan fingerprint density at radius 1 is 1.16 bits per heavy atom. The summed E-state index contributed by atoms with van der Waals surface area (Å²) in [6.45, 7) is 4.85. The number of nitrogens with one attached hydrogen (secondary N) is 2. The number of nitrogens with zero attached hydrogens (tertiary/aromatic N) is 1. The summed E-state index contributed by atoms with van der Waals surface area (Å²) in [6, 6.07) is 7.57. The number of hydrogen-bond donors (Lipinski definition) is 2. The van der Waals surface area contributed by atoms with Crippen molar-refractivity contribution >= 4 is 17.5 Å². The van der Waals surface area contributed by atoms with Gasteiger partial charge in [0.15, 0.2) is 0 Å². The van der Waals surface area contributed by atoms with E-state index in [9.17, 15) is 9.59 Å². The Labute approximate surface area is 114 Å². The molecule has 0 bridgehead atoms. The number of likely N-dealkylation sites (N-methyl/N-ethyl adjacent to an activating group) is 1. The van der Waals surface area contributed by atoms with Crippen LogP contribution in [-0.2, 0) is 9.59 Å². The molecule has 0 aliphatic rings. The molecule has 0 radical (unpaired) electrons. The van der Waals surface area contributed by atoms with Gasteiger partial charge >= 0.3 is 0 Å². The molecule has 0 aliphatic carbocycles. The summed E-state index contributed by atoms with van der Waals surface area (Å²) in [4.78, 5) is 24.7. The van der Waals surface area contributed by atoms with E-state index < -0.39 is 0 Å². The number of amides is 2. The summed E-state index contributed by atoms with van der Waals surface area (Å²) in [5.74, 6) is -0.179. The molecule has 0 saturated carbocycles. The lowest BCUT2D eigenvalue weighted by molar-refractivity contribution is -0.128. The third kappa shape index (κ3) is 5.52.